The van der Waals surface area contributed by atoms with Crippen LogP contribution in [0.15, 0.2) is 0 Å². The van der Waals surface area contributed by atoms with Gasteiger partial charge >= 0.3 is 5.97 Å². The molecule has 0 aromatic rings. The number of nitrogens with zero attached hydrogens (tertiary/aromatic N) is 3. The predicted octanol–water partition coefficient (Wildman–Crippen LogP) is 2.55. The highest BCUT2D eigenvalue weighted by Crippen LogP contribution is 2.58. The van der Waals surface area contributed by atoms with Gasteiger partial charge in [0, 0.05) is 36.3 Å². The number of esters is 1. The van der Waals surface area contributed by atoms with Gasteiger partial charge in [0.25, 0.3) is 0 Å². The van der Waals surface area contributed by atoms with Crippen LogP contribution in [0.3, 0.4) is 0 Å². The van der Waals surface area contributed by atoms with Gasteiger partial charge < -0.3 is 14.9 Å². The van der Waals surface area contributed by atoms with Gasteiger partial charge in [0.2, 0.25) is 0 Å². The van der Waals surface area contributed by atoms with Gasteiger partial charge in [0.05, 0.1) is 13.0 Å². The lowest BCUT2D eigenvalue weighted by atomic mass is 10.2. The Morgan fingerprint density at radius 2 is 1.10 bits per heavy atom. The second-order valence-corrected chi connectivity index (χ2v) is 9.55. The van der Waals surface area contributed by atoms with Crippen molar-refractivity contribution in [1.82, 2.24) is 14.7 Å². The zero-order chi connectivity index (χ0) is 22.9. The van der Waals surface area contributed by atoms with Crippen molar-refractivity contribution >= 4 is 5.97 Å². The van der Waals surface area contributed by atoms with Crippen LogP contribution in [0.4, 0.5) is 0 Å². The molecule has 2 N–H and O–H groups in total. The average molecular weight is 440 g/mol. The van der Waals surface area contributed by atoms with Crippen molar-refractivity contribution in [2.75, 3.05) is 13.2 Å². The molecule has 3 aliphatic heterocycles. The number of ether oxygens (including phenoxy) is 1. The lowest BCUT2D eigenvalue weighted by Crippen LogP contribution is -2.58. The molecule has 3 saturated heterocycles. The van der Waals surface area contributed by atoms with E-state index in [-0.39, 0.29) is 19.0 Å². The maximum Gasteiger partial charge on any atom is 0.310 e. The third-order valence-corrected chi connectivity index (χ3v) is 7.99. The van der Waals surface area contributed by atoms with E-state index in [4.69, 9.17) is 9.84 Å². The van der Waals surface area contributed by atoms with Crippen LogP contribution >= 0.6 is 0 Å². The predicted molar refractivity (Wildman–Crippen MR) is 121 cm³/mol. The fourth-order valence-electron chi connectivity index (χ4n) is 6.57. The first kappa shape index (κ1) is 24.9. The molecule has 31 heavy (non-hydrogen) atoms. The Labute approximate surface area is 188 Å². The largest absolute Gasteiger partial charge is 0.463 e. The standard InChI is InChI=1S/C24H45N3O4/c1-7-17-18(8-2)25(17)24(26-19(9-3)20(26)10-4,27-21(11-5)22(27)12-6)13-23(30)31-15-16(29)14-28/h16-22,28-29H,7-15H2,1-6H3. The Morgan fingerprint density at radius 3 is 1.35 bits per heavy atom. The molecule has 7 atom stereocenters. The SMILES string of the molecule is CCC1C(CC)N1C(CC(=O)OCC(O)CO)(N1C(CC)C1CC)N1C(CC)C1CC. The summed E-state index contributed by atoms with van der Waals surface area (Å²) in [4.78, 5) is 21.0. The van der Waals surface area contributed by atoms with Crippen molar-refractivity contribution in [3.63, 3.8) is 0 Å². The molecule has 0 aromatic carbocycles. The Balaban J connectivity index is 1.97. The molecule has 3 fully saturated rings. The molecule has 7 heteroatoms. The first-order chi connectivity index (χ1) is 14.9. The third kappa shape index (κ3) is 4.29. The average Bonchev–Trinajstić information content (AvgIpc) is 3.69. The van der Waals surface area contributed by atoms with E-state index in [1.165, 1.54) is 0 Å². The molecule has 180 valence electrons. The van der Waals surface area contributed by atoms with Gasteiger partial charge in [-0.05, 0) is 38.5 Å². The van der Waals surface area contributed by atoms with Crippen LogP contribution in [0.5, 0.6) is 0 Å². The van der Waals surface area contributed by atoms with E-state index in [2.05, 4.69) is 56.2 Å². The summed E-state index contributed by atoms with van der Waals surface area (Å²) in [6, 6.07) is 2.96. The maximum absolute atomic E-state index is 13.2. The zero-order valence-electron chi connectivity index (χ0n) is 20.5. The molecular formula is C24H45N3O4. The van der Waals surface area contributed by atoms with Gasteiger partial charge in [-0.1, -0.05) is 41.5 Å². The first-order valence-corrected chi connectivity index (χ1v) is 12.7. The Bertz CT molecular complexity index is 528. The molecule has 0 aromatic heterocycles. The van der Waals surface area contributed by atoms with Crippen molar-refractivity contribution in [1.29, 1.82) is 0 Å². The Kier molecular flexibility index (Phi) is 8.07. The van der Waals surface area contributed by atoms with Gasteiger partial charge in [-0.2, -0.15) is 0 Å². The van der Waals surface area contributed by atoms with Crippen LogP contribution in [0.2, 0.25) is 0 Å². The zero-order valence-corrected chi connectivity index (χ0v) is 20.5. The minimum absolute atomic E-state index is 0.150. The third-order valence-electron chi connectivity index (χ3n) is 7.99. The van der Waals surface area contributed by atoms with Crippen LogP contribution in [-0.4, -0.2) is 92.2 Å². The van der Waals surface area contributed by atoms with Crippen LogP contribution in [0.25, 0.3) is 0 Å². The number of aliphatic hydroxyl groups excluding tert-OH is 2. The second-order valence-electron chi connectivity index (χ2n) is 9.55. The second kappa shape index (κ2) is 10.0. The number of hydrogen-bond donors (Lipinski definition) is 2. The van der Waals surface area contributed by atoms with Crippen LogP contribution < -0.4 is 0 Å². The van der Waals surface area contributed by atoms with Gasteiger partial charge in [0.15, 0.2) is 0 Å². The van der Waals surface area contributed by atoms with Gasteiger partial charge in [-0.15, -0.1) is 0 Å². The number of aliphatic hydroxyl groups is 2. The molecule has 3 aliphatic rings. The van der Waals surface area contributed by atoms with E-state index in [1.54, 1.807) is 0 Å². The number of carbonyl (C=O) groups excluding carboxylic acids is 1. The molecule has 3 heterocycles. The van der Waals surface area contributed by atoms with E-state index >= 15 is 0 Å². The molecule has 0 radical (unpaired) electrons. The molecule has 0 spiro atoms. The summed E-state index contributed by atoms with van der Waals surface area (Å²) < 4.78 is 5.47. The summed E-state index contributed by atoms with van der Waals surface area (Å²) in [5.41, 5.74) is 0. The highest BCUT2D eigenvalue weighted by molar-refractivity contribution is 5.71. The van der Waals surface area contributed by atoms with Crippen molar-refractivity contribution < 1.29 is 19.7 Å². The summed E-state index contributed by atoms with van der Waals surface area (Å²) in [6.45, 7) is 13.0. The van der Waals surface area contributed by atoms with Crippen molar-refractivity contribution in [2.45, 2.75) is 135 Å². The monoisotopic (exact) mass is 439 g/mol. The smallest absolute Gasteiger partial charge is 0.310 e. The summed E-state index contributed by atoms with van der Waals surface area (Å²) in [7, 11) is 0. The van der Waals surface area contributed by atoms with E-state index in [9.17, 15) is 9.90 Å². The van der Waals surface area contributed by atoms with Crippen LogP contribution in [-0.2, 0) is 9.53 Å². The Morgan fingerprint density at radius 1 is 0.774 bits per heavy atom. The lowest BCUT2D eigenvalue weighted by molar-refractivity contribution is -0.158. The number of hydrogen-bond acceptors (Lipinski definition) is 7. The normalized spacial score (nSPS) is 41.4. The summed E-state index contributed by atoms with van der Waals surface area (Å²) >= 11 is 0. The van der Waals surface area contributed by atoms with E-state index in [0.717, 1.165) is 38.5 Å². The highest BCUT2D eigenvalue weighted by atomic mass is 16.5. The quantitative estimate of drug-likeness (QED) is 0.318. The molecule has 3 rings (SSSR count). The number of carbonyl (C=O) groups is 1. The minimum Gasteiger partial charge on any atom is -0.463 e. The van der Waals surface area contributed by atoms with Gasteiger partial charge in [-0.25, -0.2) is 0 Å². The van der Waals surface area contributed by atoms with E-state index in [0.29, 0.717) is 36.3 Å². The fraction of sp³-hybridized carbons (Fsp3) is 0.958. The van der Waals surface area contributed by atoms with Gasteiger partial charge in [0.1, 0.15) is 18.5 Å². The first-order valence-electron chi connectivity index (χ1n) is 12.7. The Hall–Kier alpha value is -0.730. The number of rotatable bonds is 14. The van der Waals surface area contributed by atoms with Gasteiger partial charge in [-0.3, -0.25) is 19.5 Å². The van der Waals surface area contributed by atoms with Crippen molar-refractivity contribution in [3.05, 3.63) is 0 Å². The van der Waals surface area contributed by atoms with Crippen LogP contribution in [0, 0.1) is 0 Å². The minimum atomic E-state index is -1.02. The summed E-state index contributed by atoms with van der Waals surface area (Å²) in [5, 5.41) is 18.8. The van der Waals surface area contributed by atoms with Crippen LogP contribution in [0.1, 0.15) is 86.5 Å². The van der Waals surface area contributed by atoms with Crippen molar-refractivity contribution in [3.8, 4) is 0 Å². The molecule has 0 saturated carbocycles. The lowest BCUT2D eigenvalue weighted by Gasteiger charge is -2.41. The topological polar surface area (TPSA) is 75.8 Å². The summed E-state index contributed by atoms with van der Waals surface area (Å²) in [5.74, 6) is -0.719. The molecule has 7 unspecified atom stereocenters. The van der Waals surface area contributed by atoms with E-state index in [1.807, 2.05) is 0 Å². The molecule has 7 nitrogen and oxygen atoms in total. The fourth-order valence-corrected chi connectivity index (χ4v) is 6.57. The summed E-state index contributed by atoms with van der Waals surface area (Å²) in [6.07, 6.45) is 5.78. The highest BCUT2D eigenvalue weighted by Gasteiger charge is 2.74. The molecule has 0 amide bonds. The molecule has 0 aliphatic carbocycles. The van der Waals surface area contributed by atoms with Crippen molar-refractivity contribution in [2.24, 2.45) is 0 Å². The molecule has 0 bridgehead atoms. The van der Waals surface area contributed by atoms with E-state index < -0.39 is 18.5 Å². The molecular weight excluding hydrogens is 394 g/mol. The maximum atomic E-state index is 13.2.